The van der Waals surface area contributed by atoms with Crippen LogP contribution < -0.4 is 9.47 Å². The Morgan fingerprint density at radius 2 is 1.94 bits per heavy atom. The van der Waals surface area contributed by atoms with Crippen molar-refractivity contribution < 1.29 is 28.5 Å². The van der Waals surface area contributed by atoms with E-state index in [1.807, 2.05) is 39.0 Å². The number of amidine groups is 1. The highest BCUT2D eigenvalue weighted by Crippen LogP contribution is 2.44. The Bertz CT molecular complexity index is 929. The van der Waals surface area contributed by atoms with Crippen molar-refractivity contribution in [1.82, 2.24) is 4.90 Å². The summed E-state index contributed by atoms with van der Waals surface area (Å²) in [6.45, 7) is 8.95. The van der Waals surface area contributed by atoms with Crippen LogP contribution in [0.5, 0.6) is 11.5 Å². The number of amides is 1. The number of esters is 1. The molecule has 1 saturated heterocycles. The van der Waals surface area contributed by atoms with Gasteiger partial charge in [-0.1, -0.05) is 24.8 Å². The molecule has 2 aliphatic rings. The molecule has 0 saturated carbocycles. The average molecular weight is 463 g/mol. The highest BCUT2D eigenvalue weighted by molar-refractivity contribution is 8.15. The fourth-order valence-electron chi connectivity index (χ4n) is 3.57. The summed E-state index contributed by atoms with van der Waals surface area (Å²) in [4.78, 5) is 32.2. The molecule has 8 nitrogen and oxygen atoms in total. The zero-order valence-corrected chi connectivity index (χ0v) is 20.0. The molecule has 1 aromatic rings. The van der Waals surface area contributed by atoms with Crippen molar-refractivity contribution in [3.05, 3.63) is 35.0 Å². The number of benzene rings is 1. The molecule has 2 atom stereocenters. The van der Waals surface area contributed by atoms with Crippen LogP contribution in [0.4, 0.5) is 0 Å². The Kier molecular flexibility index (Phi) is 8.20. The molecular weight excluding hydrogens is 432 g/mol. The van der Waals surface area contributed by atoms with Crippen LogP contribution in [0.15, 0.2) is 34.5 Å². The molecule has 0 aromatic heterocycles. The van der Waals surface area contributed by atoms with Crippen LogP contribution in [-0.2, 0) is 19.1 Å². The third kappa shape index (κ3) is 4.94. The summed E-state index contributed by atoms with van der Waals surface area (Å²) in [7, 11) is 1.54. The maximum absolute atomic E-state index is 13.1. The molecule has 3 rings (SSSR count). The quantitative estimate of drug-likeness (QED) is 0.387. The molecule has 1 amide bonds. The minimum atomic E-state index is -0.665. The van der Waals surface area contributed by atoms with Gasteiger partial charge in [0.1, 0.15) is 6.61 Å². The lowest BCUT2D eigenvalue weighted by Crippen LogP contribution is -2.40. The van der Waals surface area contributed by atoms with E-state index >= 15 is 0 Å². The minimum absolute atomic E-state index is 0.0993. The zero-order chi connectivity index (χ0) is 23.3. The van der Waals surface area contributed by atoms with E-state index in [-0.39, 0.29) is 24.4 Å². The summed E-state index contributed by atoms with van der Waals surface area (Å²) in [5, 5.41) is 0.300. The summed E-state index contributed by atoms with van der Waals surface area (Å²) in [5.74, 6) is 0.578. The maximum atomic E-state index is 13.1. The molecule has 0 radical (unpaired) electrons. The molecular formula is C23H30N2O6S. The van der Waals surface area contributed by atoms with E-state index in [9.17, 15) is 9.59 Å². The van der Waals surface area contributed by atoms with Crippen LogP contribution in [0.3, 0.4) is 0 Å². The van der Waals surface area contributed by atoms with Gasteiger partial charge < -0.3 is 18.9 Å². The normalized spacial score (nSPS) is 20.2. The van der Waals surface area contributed by atoms with Crippen molar-refractivity contribution in [1.29, 1.82) is 0 Å². The minimum Gasteiger partial charge on any atom is -0.490 e. The molecule has 0 aliphatic carbocycles. The van der Waals surface area contributed by atoms with E-state index < -0.39 is 12.0 Å². The molecule has 2 heterocycles. The second-order valence-electron chi connectivity index (χ2n) is 7.38. The second-order valence-corrected chi connectivity index (χ2v) is 8.69. The molecule has 1 fully saturated rings. The molecule has 2 unspecified atom stereocenters. The van der Waals surface area contributed by atoms with Gasteiger partial charge in [0.05, 0.1) is 42.4 Å². The van der Waals surface area contributed by atoms with Crippen molar-refractivity contribution >= 4 is 28.8 Å². The number of carbonyl (C=O) groups is 2. The van der Waals surface area contributed by atoms with E-state index in [1.54, 1.807) is 11.8 Å². The Labute approximate surface area is 192 Å². The largest absolute Gasteiger partial charge is 0.490 e. The number of allylic oxidation sites excluding steroid dienone is 1. The third-order valence-corrected chi connectivity index (χ3v) is 6.10. The molecule has 174 valence electrons. The molecule has 0 bridgehead atoms. The second kappa shape index (κ2) is 10.9. The Morgan fingerprint density at radius 3 is 2.62 bits per heavy atom. The smallest absolute Gasteiger partial charge is 0.338 e. The predicted molar refractivity (Wildman–Crippen MR) is 123 cm³/mol. The van der Waals surface area contributed by atoms with Crippen molar-refractivity contribution in [3.8, 4) is 11.5 Å². The Balaban J connectivity index is 2.06. The highest BCUT2D eigenvalue weighted by Gasteiger charge is 2.46. The van der Waals surface area contributed by atoms with Gasteiger partial charge in [-0.3, -0.25) is 9.69 Å². The van der Waals surface area contributed by atoms with Crippen molar-refractivity contribution in [2.75, 3.05) is 33.5 Å². The number of fused-ring (bicyclic) bond motifs is 1. The standard InChI is InChI=1S/C23H30N2O6S/c1-6-10-30-17-9-8-16(13-18(17)29-7-2)20-19(22(27)31-12-11-28-5)14(3)24-23-25(20)21(26)15(4)32-23/h8-9,13,15,20H,6-7,10-12H2,1-5H3. The first-order chi connectivity index (χ1) is 15.4. The van der Waals surface area contributed by atoms with Crippen LogP contribution in [-0.4, -0.2) is 60.7 Å². The van der Waals surface area contributed by atoms with Crippen LogP contribution in [0.25, 0.3) is 0 Å². The van der Waals surface area contributed by atoms with Crippen LogP contribution in [0.1, 0.15) is 45.7 Å². The average Bonchev–Trinajstić information content (AvgIpc) is 3.05. The zero-order valence-electron chi connectivity index (χ0n) is 19.2. The summed E-state index contributed by atoms with van der Waals surface area (Å²) in [5.41, 5.74) is 1.59. The number of hydrogen-bond donors (Lipinski definition) is 0. The lowest BCUT2D eigenvalue weighted by atomic mass is 9.94. The Morgan fingerprint density at radius 1 is 1.16 bits per heavy atom. The summed E-state index contributed by atoms with van der Waals surface area (Å²) >= 11 is 1.39. The SMILES string of the molecule is CCCOc1ccc(C2C(C(=O)OCCOC)=C(C)N=C3SC(C)C(=O)N32)cc1OCC. The first-order valence-electron chi connectivity index (χ1n) is 10.8. The topological polar surface area (TPSA) is 86.7 Å². The third-order valence-electron chi connectivity index (χ3n) is 5.04. The number of aliphatic imine (C=N–C) groups is 1. The van der Waals surface area contributed by atoms with E-state index in [2.05, 4.69) is 4.99 Å². The van der Waals surface area contributed by atoms with Gasteiger partial charge in [-0.15, -0.1) is 0 Å². The lowest BCUT2D eigenvalue weighted by Gasteiger charge is -2.33. The van der Waals surface area contributed by atoms with Gasteiger partial charge in [-0.2, -0.15) is 0 Å². The fourth-order valence-corrected chi connectivity index (χ4v) is 4.60. The number of rotatable bonds is 10. The lowest BCUT2D eigenvalue weighted by molar-refractivity contribution is -0.141. The monoisotopic (exact) mass is 462 g/mol. The van der Waals surface area contributed by atoms with Gasteiger partial charge >= 0.3 is 5.97 Å². The first kappa shape index (κ1) is 24.1. The molecule has 1 aromatic carbocycles. The molecule has 32 heavy (non-hydrogen) atoms. The first-order valence-corrected chi connectivity index (χ1v) is 11.7. The number of hydrogen-bond acceptors (Lipinski definition) is 8. The molecule has 0 N–H and O–H groups in total. The summed E-state index contributed by atoms with van der Waals surface area (Å²) in [6, 6.07) is 4.85. The predicted octanol–water partition coefficient (Wildman–Crippen LogP) is 3.71. The van der Waals surface area contributed by atoms with Crippen LogP contribution in [0, 0.1) is 0 Å². The Hall–Kier alpha value is -2.52. The number of thioether (sulfide) groups is 1. The molecule has 0 spiro atoms. The summed E-state index contributed by atoms with van der Waals surface area (Å²) < 4.78 is 22.0. The van der Waals surface area contributed by atoms with E-state index in [1.165, 1.54) is 18.9 Å². The van der Waals surface area contributed by atoms with Crippen molar-refractivity contribution in [2.45, 2.75) is 45.4 Å². The van der Waals surface area contributed by atoms with Crippen molar-refractivity contribution in [3.63, 3.8) is 0 Å². The summed E-state index contributed by atoms with van der Waals surface area (Å²) in [6.07, 6.45) is 0.868. The number of ether oxygens (including phenoxy) is 4. The van der Waals surface area contributed by atoms with Gasteiger partial charge in [0, 0.05) is 7.11 Å². The van der Waals surface area contributed by atoms with Gasteiger partial charge in [0.2, 0.25) is 5.91 Å². The fraction of sp³-hybridized carbons (Fsp3) is 0.522. The highest BCUT2D eigenvalue weighted by atomic mass is 32.2. The van der Waals surface area contributed by atoms with Gasteiger partial charge in [0.25, 0.3) is 0 Å². The maximum Gasteiger partial charge on any atom is 0.338 e. The van der Waals surface area contributed by atoms with Gasteiger partial charge in [-0.25, -0.2) is 9.79 Å². The van der Waals surface area contributed by atoms with Gasteiger partial charge in [-0.05, 0) is 44.9 Å². The van der Waals surface area contributed by atoms with E-state index in [0.717, 1.165) is 12.0 Å². The van der Waals surface area contributed by atoms with Gasteiger partial charge in [0.15, 0.2) is 16.7 Å². The number of carbonyl (C=O) groups excluding carboxylic acids is 2. The van der Waals surface area contributed by atoms with E-state index in [0.29, 0.717) is 41.2 Å². The number of nitrogens with zero attached hydrogens (tertiary/aromatic N) is 2. The van der Waals surface area contributed by atoms with Crippen molar-refractivity contribution in [2.24, 2.45) is 4.99 Å². The molecule has 9 heteroatoms. The van der Waals surface area contributed by atoms with E-state index in [4.69, 9.17) is 18.9 Å². The van der Waals surface area contributed by atoms with Crippen LogP contribution >= 0.6 is 11.8 Å². The van der Waals surface area contributed by atoms with Crippen LogP contribution in [0.2, 0.25) is 0 Å². The molecule has 2 aliphatic heterocycles. The number of methoxy groups -OCH3 is 1.